The zero-order chi connectivity index (χ0) is 18.0. The van der Waals surface area contributed by atoms with Gasteiger partial charge in [-0.1, -0.05) is 6.58 Å². The van der Waals surface area contributed by atoms with Crippen molar-refractivity contribution in [2.24, 2.45) is 5.92 Å². The first-order chi connectivity index (χ1) is 10.7. The van der Waals surface area contributed by atoms with Crippen molar-refractivity contribution in [3.8, 4) is 0 Å². The minimum atomic E-state index is -1.08. The van der Waals surface area contributed by atoms with E-state index >= 15 is 0 Å². The predicted molar refractivity (Wildman–Crippen MR) is 95.3 cm³/mol. The Labute approximate surface area is 140 Å². The van der Waals surface area contributed by atoms with Gasteiger partial charge in [-0.05, 0) is 34.6 Å². The van der Waals surface area contributed by atoms with Crippen molar-refractivity contribution < 1.29 is 24.2 Å². The van der Waals surface area contributed by atoms with Gasteiger partial charge in [0.05, 0.1) is 30.6 Å². The fourth-order valence-electron chi connectivity index (χ4n) is 2.38. The summed E-state index contributed by atoms with van der Waals surface area (Å²) >= 11 is 0. The standard InChI is InChI=1S/C17H32O5P/c1-7-23(8-2,9-3)12-14(6)17(20)22-11-15(18)10-21-16(19)13(4)5/h14-15,18H,4,7-12H2,1-3,5-6H3/q+1. The van der Waals surface area contributed by atoms with Crippen molar-refractivity contribution in [3.63, 3.8) is 0 Å². The second-order valence-electron chi connectivity index (χ2n) is 6.04. The highest BCUT2D eigenvalue weighted by Gasteiger charge is 2.36. The van der Waals surface area contributed by atoms with E-state index in [1.54, 1.807) is 0 Å². The Morgan fingerprint density at radius 2 is 1.57 bits per heavy atom. The predicted octanol–water partition coefficient (Wildman–Crippen LogP) is 2.72. The van der Waals surface area contributed by atoms with E-state index in [4.69, 9.17) is 9.47 Å². The molecule has 0 bridgehead atoms. The lowest BCUT2D eigenvalue weighted by atomic mass is 10.2. The first kappa shape index (κ1) is 22.1. The number of aliphatic hydroxyl groups is 1. The molecule has 6 heteroatoms. The Kier molecular flexibility index (Phi) is 10.3. The molecule has 0 saturated carbocycles. The van der Waals surface area contributed by atoms with Crippen LogP contribution in [0.5, 0.6) is 0 Å². The summed E-state index contributed by atoms with van der Waals surface area (Å²) in [4.78, 5) is 23.3. The van der Waals surface area contributed by atoms with E-state index in [9.17, 15) is 14.7 Å². The van der Waals surface area contributed by atoms with E-state index in [2.05, 4.69) is 27.4 Å². The van der Waals surface area contributed by atoms with Crippen LogP contribution in [0, 0.1) is 5.92 Å². The lowest BCUT2D eigenvalue weighted by Gasteiger charge is -2.26. The first-order valence-corrected chi connectivity index (χ1v) is 10.8. The average Bonchev–Trinajstić information content (AvgIpc) is 2.54. The van der Waals surface area contributed by atoms with Crippen LogP contribution in [-0.4, -0.2) is 61.0 Å². The maximum atomic E-state index is 12.1. The number of ether oxygens (including phenoxy) is 2. The normalized spacial score (nSPS) is 14.0. The van der Waals surface area contributed by atoms with Gasteiger partial charge in [0.15, 0.2) is 0 Å². The van der Waals surface area contributed by atoms with Crippen LogP contribution in [0.2, 0.25) is 0 Å². The molecule has 0 spiro atoms. The molecule has 0 aromatic carbocycles. The molecule has 0 amide bonds. The topological polar surface area (TPSA) is 72.8 Å². The third kappa shape index (κ3) is 7.94. The van der Waals surface area contributed by atoms with E-state index in [1.165, 1.54) is 6.92 Å². The largest absolute Gasteiger partial charge is 0.462 e. The van der Waals surface area contributed by atoms with Crippen LogP contribution in [0.1, 0.15) is 34.6 Å². The summed E-state index contributed by atoms with van der Waals surface area (Å²) < 4.78 is 9.97. The second-order valence-corrected chi connectivity index (χ2v) is 11.0. The fraction of sp³-hybridized carbons (Fsp3) is 0.765. The number of rotatable bonds is 11. The molecule has 2 atom stereocenters. The molecule has 134 valence electrons. The molecule has 5 nitrogen and oxygen atoms in total. The molecule has 1 N–H and O–H groups in total. The van der Waals surface area contributed by atoms with Gasteiger partial charge in [0.2, 0.25) is 0 Å². The van der Waals surface area contributed by atoms with E-state index in [0.29, 0.717) is 0 Å². The van der Waals surface area contributed by atoms with Crippen molar-refractivity contribution in [2.45, 2.75) is 40.7 Å². The highest BCUT2D eigenvalue weighted by Crippen LogP contribution is 2.58. The molecular weight excluding hydrogens is 315 g/mol. The van der Waals surface area contributed by atoms with Crippen molar-refractivity contribution in [1.82, 2.24) is 0 Å². The molecule has 0 saturated heterocycles. The fourth-order valence-corrected chi connectivity index (χ4v) is 5.80. The van der Waals surface area contributed by atoms with Crippen LogP contribution in [0.25, 0.3) is 0 Å². The summed E-state index contributed by atoms with van der Waals surface area (Å²) in [6, 6.07) is 0. The summed E-state index contributed by atoms with van der Waals surface area (Å²) in [5, 5.41) is 9.70. The highest BCUT2D eigenvalue weighted by molar-refractivity contribution is 7.75. The van der Waals surface area contributed by atoms with Gasteiger partial charge in [-0.2, -0.15) is 0 Å². The Balaban J connectivity index is 4.27. The van der Waals surface area contributed by atoms with Crippen molar-refractivity contribution in [3.05, 3.63) is 12.2 Å². The smallest absolute Gasteiger partial charge is 0.333 e. The molecule has 2 unspecified atom stereocenters. The SMILES string of the molecule is C=C(C)C(=O)OCC(O)COC(=O)C(C)C[P+](CC)(CC)CC. The molecule has 0 aromatic heterocycles. The molecule has 0 aliphatic rings. The van der Waals surface area contributed by atoms with Gasteiger partial charge in [-0.3, -0.25) is 4.79 Å². The molecule has 0 radical (unpaired) electrons. The van der Waals surface area contributed by atoms with E-state index in [0.717, 1.165) is 24.6 Å². The van der Waals surface area contributed by atoms with Crippen LogP contribution >= 0.6 is 7.26 Å². The molecule has 0 fully saturated rings. The third-order valence-corrected chi connectivity index (χ3v) is 9.60. The molecule has 0 aliphatic heterocycles. The minimum absolute atomic E-state index is 0.164. The number of carbonyl (C=O) groups is 2. The third-order valence-electron chi connectivity index (χ3n) is 4.25. The van der Waals surface area contributed by atoms with Crippen molar-refractivity contribution in [1.29, 1.82) is 0 Å². The van der Waals surface area contributed by atoms with Gasteiger partial charge in [-0.15, -0.1) is 0 Å². The summed E-state index contributed by atoms with van der Waals surface area (Å²) in [6.45, 7) is 13.1. The Morgan fingerprint density at radius 3 is 2.00 bits per heavy atom. The Morgan fingerprint density at radius 1 is 1.09 bits per heavy atom. The van der Waals surface area contributed by atoms with Crippen LogP contribution in [0.3, 0.4) is 0 Å². The molecule has 0 rings (SSSR count). The number of esters is 2. The van der Waals surface area contributed by atoms with Crippen molar-refractivity contribution in [2.75, 3.05) is 37.9 Å². The highest BCUT2D eigenvalue weighted by atomic mass is 31.2. The average molecular weight is 347 g/mol. The first-order valence-electron chi connectivity index (χ1n) is 8.23. The molecule has 0 heterocycles. The number of hydrogen-bond acceptors (Lipinski definition) is 5. The lowest BCUT2D eigenvalue weighted by Crippen LogP contribution is -2.29. The Hall–Kier alpha value is -0.930. The molecule has 0 aliphatic carbocycles. The quantitative estimate of drug-likeness (QED) is 0.353. The number of aliphatic hydroxyl groups excluding tert-OH is 1. The monoisotopic (exact) mass is 347 g/mol. The van der Waals surface area contributed by atoms with E-state index in [-0.39, 0.29) is 30.7 Å². The summed E-state index contributed by atoms with van der Waals surface area (Å²) in [6.07, 6.45) is 3.28. The Bertz CT molecular complexity index is 396. The molecule has 0 aromatic rings. The van der Waals surface area contributed by atoms with Gasteiger partial charge >= 0.3 is 11.9 Å². The van der Waals surface area contributed by atoms with Crippen LogP contribution in [-0.2, 0) is 19.1 Å². The minimum Gasteiger partial charge on any atom is -0.462 e. The molecular formula is C17H32O5P+. The van der Waals surface area contributed by atoms with E-state index in [1.807, 2.05) is 6.92 Å². The van der Waals surface area contributed by atoms with Gasteiger partial charge in [0.25, 0.3) is 0 Å². The number of hydrogen-bond donors (Lipinski definition) is 1. The lowest BCUT2D eigenvalue weighted by molar-refractivity contribution is -0.153. The van der Waals surface area contributed by atoms with Gasteiger partial charge in [0.1, 0.15) is 19.3 Å². The van der Waals surface area contributed by atoms with E-state index < -0.39 is 19.3 Å². The summed E-state index contributed by atoms with van der Waals surface area (Å²) in [5.74, 6) is -1.03. The zero-order valence-corrected chi connectivity index (χ0v) is 16.0. The van der Waals surface area contributed by atoms with Crippen molar-refractivity contribution >= 4 is 19.2 Å². The van der Waals surface area contributed by atoms with Crippen LogP contribution in [0.4, 0.5) is 0 Å². The van der Waals surface area contributed by atoms with Crippen LogP contribution < -0.4 is 0 Å². The maximum Gasteiger partial charge on any atom is 0.333 e. The summed E-state index contributed by atoms with van der Waals surface area (Å²) in [7, 11) is -1.08. The molecule has 23 heavy (non-hydrogen) atoms. The summed E-state index contributed by atoms with van der Waals surface area (Å²) in [5.41, 5.74) is 0.266. The van der Waals surface area contributed by atoms with Crippen LogP contribution in [0.15, 0.2) is 12.2 Å². The van der Waals surface area contributed by atoms with Gasteiger partial charge in [0, 0.05) is 12.8 Å². The number of carbonyl (C=O) groups excluding carboxylic acids is 2. The zero-order valence-electron chi connectivity index (χ0n) is 15.1. The second kappa shape index (κ2) is 10.8. The van der Waals surface area contributed by atoms with Gasteiger partial charge < -0.3 is 14.6 Å². The maximum absolute atomic E-state index is 12.1. The van der Waals surface area contributed by atoms with Gasteiger partial charge in [-0.25, -0.2) is 4.79 Å².